The van der Waals surface area contributed by atoms with Gasteiger partial charge in [-0.2, -0.15) is 0 Å². The topological polar surface area (TPSA) is 66.7 Å². The van der Waals surface area contributed by atoms with E-state index in [4.69, 9.17) is 4.52 Å². The monoisotopic (exact) mass is 373 g/mol. The van der Waals surface area contributed by atoms with Crippen LogP contribution in [0.3, 0.4) is 0 Å². The van der Waals surface area contributed by atoms with Gasteiger partial charge in [-0.15, -0.1) is 11.3 Å². The Morgan fingerprint density at radius 2 is 2.04 bits per heavy atom. The molecule has 1 saturated heterocycles. The third-order valence-corrected chi connectivity index (χ3v) is 6.41. The predicted molar refractivity (Wildman–Crippen MR) is 98.5 cm³/mol. The van der Waals surface area contributed by atoms with Gasteiger partial charge >= 0.3 is 0 Å². The summed E-state index contributed by atoms with van der Waals surface area (Å²) in [6.07, 6.45) is 5.84. The molecule has 0 saturated carbocycles. The Balaban J connectivity index is 1.58. The molecule has 0 N–H and O–H groups in total. The quantitative estimate of drug-likeness (QED) is 0.828. The Morgan fingerprint density at radius 3 is 2.85 bits per heavy atom. The van der Waals surface area contributed by atoms with E-state index < -0.39 is 0 Å². The molecule has 2 aromatic heterocycles. The SMILES string of the molecule is CN(C)C(=O)c1ccc([C@@H]2CCCN2C(=O)c2onc3c2CCCC3)s1. The molecule has 0 bridgehead atoms. The summed E-state index contributed by atoms with van der Waals surface area (Å²) in [4.78, 5) is 30.5. The highest BCUT2D eigenvalue weighted by Gasteiger charge is 2.36. The number of carbonyl (C=O) groups is 2. The molecule has 1 atom stereocenters. The summed E-state index contributed by atoms with van der Waals surface area (Å²) in [5.74, 6) is 0.367. The molecular formula is C19H23N3O3S. The van der Waals surface area contributed by atoms with Crippen molar-refractivity contribution in [3.8, 4) is 0 Å². The zero-order valence-electron chi connectivity index (χ0n) is 15.2. The molecule has 0 unspecified atom stereocenters. The fourth-order valence-electron chi connectivity index (χ4n) is 3.86. The van der Waals surface area contributed by atoms with Crippen LogP contribution in [0, 0.1) is 0 Å². The van der Waals surface area contributed by atoms with Gasteiger partial charge in [0.1, 0.15) is 0 Å². The number of amides is 2. The maximum atomic E-state index is 13.1. The Kier molecular flexibility index (Phi) is 4.56. The lowest BCUT2D eigenvalue weighted by Gasteiger charge is -2.23. The van der Waals surface area contributed by atoms with Gasteiger partial charge in [-0.1, -0.05) is 5.16 Å². The average Bonchev–Trinajstić information content (AvgIpc) is 3.38. The van der Waals surface area contributed by atoms with Crippen LogP contribution in [0.2, 0.25) is 0 Å². The Hall–Kier alpha value is -2.15. The molecular weight excluding hydrogens is 350 g/mol. The van der Waals surface area contributed by atoms with E-state index in [2.05, 4.69) is 5.16 Å². The van der Waals surface area contributed by atoms with E-state index in [9.17, 15) is 9.59 Å². The first-order valence-electron chi connectivity index (χ1n) is 9.16. The van der Waals surface area contributed by atoms with Crippen molar-refractivity contribution < 1.29 is 14.1 Å². The van der Waals surface area contributed by atoms with Crippen LogP contribution in [-0.4, -0.2) is 47.4 Å². The highest BCUT2D eigenvalue weighted by molar-refractivity contribution is 7.14. The molecule has 1 aliphatic carbocycles. The van der Waals surface area contributed by atoms with Crippen LogP contribution in [0.4, 0.5) is 0 Å². The van der Waals surface area contributed by atoms with E-state index in [-0.39, 0.29) is 17.9 Å². The van der Waals surface area contributed by atoms with Gasteiger partial charge in [0.2, 0.25) is 5.76 Å². The maximum absolute atomic E-state index is 13.1. The lowest BCUT2D eigenvalue weighted by atomic mass is 9.96. The second kappa shape index (κ2) is 6.87. The largest absolute Gasteiger partial charge is 0.350 e. The van der Waals surface area contributed by atoms with Gasteiger partial charge < -0.3 is 14.3 Å². The van der Waals surface area contributed by atoms with E-state index in [1.165, 1.54) is 11.3 Å². The van der Waals surface area contributed by atoms with Crippen molar-refractivity contribution in [1.29, 1.82) is 0 Å². The van der Waals surface area contributed by atoms with E-state index in [1.54, 1.807) is 19.0 Å². The van der Waals surface area contributed by atoms with Crippen LogP contribution >= 0.6 is 11.3 Å². The van der Waals surface area contributed by atoms with Crippen LogP contribution in [-0.2, 0) is 12.8 Å². The normalized spacial score (nSPS) is 19.5. The summed E-state index contributed by atoms with van der Waals surface area (Å²) in [5, 5.41) is 4.12. The number of hydrogen-bond donors (Lipinski definition) is 0. The maximum Gasteiger partial charge on any atom is 0.293 e. The minimum absolute atomic E-state index is 0.00132. The summed E-state index contributed by atoms with van der Waals surface area (Å²) < 4.78 is 5.45. The Morgan fingerprint density at radius 1 is 1.23 bits per heavy atom. The Labute approximate surface area is 156 Å². The van der Waals surface area contributed by atoms with Crippen molar-refractivity contribution in [2.45, 2.75) is 44.6 Å². The molecule has 4 rings (SSSR count). The van der Waals surface area contributed by atoms with Crippen LogP contribution in [0.1, 0.15) is 68.1 Å². The van der Waals surface area contributed by atoms with Crippen LogP contribution in [0.5, 0.6) is 0 Å². The average molecular weight is 373 g/mol. The Bertz CT molecular complexity index is 839. The summed E-state index contributed by atoms with van der Waals surface area (Å²) in [5.41, 5.74) is 1.95. The molecule has 1 fully saturated rings. The highest BCUT2D eigenvalue weighted by atomic mass is 32.1. The molecule has 3 heterocycles. The molecule has 0 spiro atoms. The number of aryl methyl sites for hydroxylation is 1. The summed E-state index contributed by atoms with van der Waals surface area (Å²) in [6, 6.07) is 3.85. The molecule has 0 radical (unpaired) electrons. The molecule has 6 nitrogen and oxygen atoms in total. The van der Waals surface area contributed by atoms with Gasteiger partial charge in [0.05, 0.1) is 16.6 Å². The van der Waals surface area contributed by atoms with Crippen molar-refractivity contribution in [1.82, 2.24) is 15.0 Å². The number of thiophene rings is 1. The predicted octanol–water partition coefficient (Wildman–Crippen LogP) is 3.29. The summed E-state index contributed by atoms with van der Waals surface area (Å²) in [7, 11) is 3.50. The fraction of sp³-hybridized carbons (Fsp3) is 0.526. The molecule has 2 aliphatic rings. The first kappa shape index (κ1) is 17.3. The van der Waals surface area contributed by atoms with E-state index in [1.807, 2.05) is 17.0 Å². The zero-order chi connectivity index (χ0) is 18.3. The molecule has 7 heteroatoms. The number of carbonyl (C=O) groups excluding carboxylic acids is 2. The zero-order valence-corrected chi connectivity index (χ0v) is 16.0. The lowest BCUT2D eigenvalue weighted by Crippen LogP contribution is -2.30. The number of nitrogens with zero attached hydrogens (tertiary/aromatic N) is 3. The van der Waals surface area contributed by atoms with E-state index in [0.717, 1.165) is 54.7 Å². The van der Waals surface area contributed by atoms with Crippen LogP contribution < -0.4 is 0 Å². The molecule has 2 amide bonds. The van der Waals surface area contributed by atoms with Crippen LogP contribution in [0.15, 0.2) is 16.7 Å². The van der Waals surface area contributed by atoms with Gasteiger partial charge in [-0.3, -0.25) is 9.59 Å². The second-order valence-corrected chi connectivity index (χ2v) is 8.32. The third kappa shape index (κ3) is 2.94. The molecule has 1 aliphatic heterocycles. The number of fused-ring (bicyclic) bond motifs is 1. The van der Waals surface area contributed by atoms with E-state index >= 15 is 0 Å². The number of hydrogen-bond acceptors (Lipinski definition) is 5. The number of likely N-dealkylation sites (tertiary alicyclic amines) is 1. The van der Waals surface area contributed by atoms with Gasteiger partial charge in [0.15, 0.2) is 0 Å². The first-order chi connectivity index (χ1) is 12.6. The van der Waals surface area contributed by atoms with Gasteiger partial charge in [-0.05, 0) is 50.7 Å². The van der Waals surface area contributed by atoms with Gasteiger partial charge in [0, 0.05) is 31.1 Å². The first-order valence-corrected chi connectivity index (χ1v) is 9.97. The van der Waals surface area contributed by atoms with Crippen molar-refractivity contribution in [2.24, 2.45) is 0 Å². The molecule has 26 heavy (non-hydrogen) atoms. The van der Waals surface area contributed by atoms with Crippen molar-refractivity contribution in [2.75, 3.05) is 20.6 Å². The standard InChI is InChI=1S/C19H23N3O3S/c1-21(2)18(23)16-10-9-15(26-16)14-8-5-11-22(14)19(24)17-12-6-3-4-7-13(12)20-25-17/h9-10,14H,3-8,11H2,1-2H3/t14-/m0/s1. The molecule has 138 valence electrons. The van der Waals surface area contributed by atoms with Crippen molar-refractivity contribution in [3.63, 3.8) is 0 Å². The van der Waals surface area contributed by atoms with Crippen molar-refractivity contribution >= 4 is 23.2 Å². The minimum atomic E-state index is -0.0583. The van der Waals surface area contributed by atoms with Gasteiger partial charge in [-0.25, -0.2) is 0 Å². The lowest BCUT2D eigenvalue weighted by molar-refractivity contribution is 0.0693. The van der Waals surface area contributed by atoms with Crippen molar-refractivity contribution in [3.05, 3.63) is 38.9 Å². The smallest absolute Gasteiger partial charge is 0.293 e. The second-order valence-electron chi connectivity index (χ2n) is 7.20. The molecule has 2 aromatic rings. The van der Waals surface area contributed by atoms with Crippen LogP contribution in [0.25, 0.3) is 0 Å². The number of aromatic nitrogens is 1. The summed E-state index contributed by atoms with van der Waals surface area (Å²) in [6.45, 7) is 0.716. The third-order valence-electron chi connectivity index (χ3n) is 5.24. The minimum Gasteiger partial charge on any atom is -0.350 e. The fourth-order valence-corrected chi connectivity index (χ4v) is 5.04. The van der Waals surface area contributed by atoms with E-state index in [0.29, 0.717) is 17.2 Å². The van der Waals surface area contributed by atoms with Gasteiger partial charge in [0.25, 0.3) is 11.8 Å². The highest BCUT2D eigenvalue weighted by Crippen LogP contribution is 2.38. The summed E-state index contributed by atoms with van der Waals surface area (Å²) >= 11 is 1.48. The molecule has 0 aromatic carbocycles. The number of rotatable bonds is 3.